The summed E-state index contributed by atoms with van der Waals surface area (Å²) < 4.78 is 0. The van der Waals surface area contributed by atoms with Crippen molar-refractivity contribution in [2.24, 2.45) is 17.6 Å². The number of carbonyl (C=O) groups excluding carboxylic acids is 1. The van der Waals surface area contributed by atoms with E-state index in [1.807, 2.05) is 6.92 Å². The van der Waals surface area contributed by atoms with Crippen molar-refractivity contribution in [2.75, 3.05) is 6.54 Å². The lowest BCUT2D eigenvalue weighted by atomic mass is 9.81. The largest absolute Gasteiger partial charge is 0.351 e. The van der Waals surface area contributed by atoms with Crippen molar-refractivity contribution in [1.82, 2.24) is 10.3 Å². The number of amides is 1. The summed E-state index contributed by atoms with van der Waals surface area (Å²) in [6.07, 6.45) is 6.37. The summed E-state index contributed by atoms with van der Waals surface area (Å²) >= 11 is 1.45. The number of rotatable bonds is 5. The van der Waals surface area contributed by atoms with Gasteiger partial charge < -0.3 is 11.1 Å². The molecule has 4 nitrogen and oxygen atoms in total. The van der Waals surface area contributed by atoms with E-state index in [1.165, 1.54) is 37.0 Å². The Labute approximate surface area is 125 Å². The SMILES string of the molecule is CC1CCC(CCNC(=O)c2csc(C(C)N)n2)CC1. The molecule has 0 bridgehead atoms. The van der Waals surface area contributed by atoms with Crippen molar-refractivity contribution in [3.63, 3.8) is 0 Å². The van der Waals surface area contributed by atoms with E-state index in [0.717, 1.165) is 29.8 Å². The van der Waals surface area contributed by atoms with Crippen LogP contribution in [0.4, 0.5) is 0 Å². The monoisotopic (exact) mass is 295 g/mol. The van der Waals surface area contributed by atoms with Crippen molar-refractivity contribution >= 4 is 17.2 Å². The molecule has 5 heteroatoms. The maximum atomic E-state index is 12.0. The molecule has 1 aliphatic rings. The Hall–Kier alpha value is -0.940. The maximum Gasteiger partial charge on any atom is 0.270 e. The van der Waals surface area contributed by atoms with Gasteiger partial charge in [0.15, 0.2) is 0 Å². The fourth-order valence-corrected chi connectivity index (χ4v) is 3.46. The average Bonchev–Trinajstić information content (AvgIpc) is 2.91. The minimum Gasteiger partial charge on any atom is -0.351 e. The van der Waals surface area contributed by atoms with Gasteiger partial charge in [-0.25, -0.2) is 4.98 Å². The molecule has 1 aromatic heterocycles. The predicted octanol–water partition coefficient (Wildman–Crippen LogP) is 3.11. The second-order valence-corrected chi connectivity index (χ2v) is 6.92. The molecule has 0 spiro atoms. The van der Waals surface area contributed by atoms with E-state index in [-0.39, 0.29) is 11.9 Å². The zero-order valence-corrected chi connectivity index (χ0v) is 13.2. The Morgan fingerprint density at radius 3 is 2.80 bits per heavy atom. The van der Waals surface area contributed by atoms with Gasteiger partial charge in [-0.05, 0) is 25.2 Å². The van der Waals surface area contributed by atoms with Gasteiger partial charge in [-0.15, -0.1) is 11.3 Å². The number of nitrogens with zero attached hydrogens (tertiary/aromatic N) is 1. The molecule has 1 heterocycles. The molecule has 1 amide bonds. The molecule has 1 fully saturated rings. The van der Waals surface area contributed by atoms with E-state index in [1.54, 1.807) is 5.38 Å². The topological polar surface area (TPSA) is 68.0 Å². The Kier molecular flexibility index (Phi) is 5.54. The summed E-state index contributed by atoms with van der Waals surface area (Å²) in [5, 5.41) is 5.58. The fourth-order valence-electron chi connectivity index (χ4n) is 2.70. The summed E-state index contributed by atoms with van der Waals surface area (Å²) in [6, 6.07) is -0.106. The lowest BCUT2D eigenvalue weighted by Crippen LogP contribution is -2.27. The van der Waals surface area contributed by atoms with Crippen LogP contribution >= 0.6 is 11.3 Å². The summed E-state index contributed by atoms with van der Waals surface area (Å²) in [4.78, 5) is 16.2. The van der Waals surface area contributed by atoms with Crippen LogP contribution in [-0.4, -0.2) is 17.4 Å². The van der Waals surface area contributed by atoms with Gasteiger partial charge in [-0.3, -0.25) is 4.79 Å². The minimum atomic E-state index is -0.106. The molecule has 1 aromatic rings. The number of hydrogen-bond donors (Lipinski definition) is 2. The van der Waals surface area contributed by atoms with Crippen molar-refractivity contribution in [1.29, 1.82) is 0 Å². The van der Waals surface area contributed by atoms with Crippen LogP contribution in [-0.2, 0) is 0 Å². The molecule has 0 saturated heterocycles. The fraction of sp³-hybridized carbons (Fsp3) is 0.733. The zero-order chi connectivity index (χ0) is 14.5. The summed E-state index contributed by atoms with van der Waals surface area (Å²) in [6.45, 7) is 4.96. The van der Waals surface area contributed by atoms with Crippen molar-refractivity contribution in [3.05, 3.63) is 16.1 Å². The lowest BCUT2D eigenvalue weighted by Gasteiger charge is -2.26. The smallest absolute Gasteiger partial charge is 0.270 e. The van der Waals surface area contributed by atoms with E-state index in [2.05, 4.69) is 17.2 Å². The number of nitrogens with one attached hydrogen (secondary N) is 1. The van der Waals surface area contributed by atoms with Crippen LogP contribution in [0.3, 0.4) is 0 Å². The third-order valence-electron chi connectivity index (χ3n) is 4.12. The van der Waals surface area contributed by atoms with E-state index >= 15 is 0 Å². The van der Waals surface area contributed by atoms with Gasteiger partial charge in [-0.1, -0.05) is 32.6 Å². The van der Waals surface area contributed by atoms with Crippen LogP contribution in [0.1, 0.15) is 67.5 Å². The molecule has 1 atom stereocenters. The molecule has 3 N–H and O–H groups in total. The quantitative estimate of drug-likeness (QED) is 0.877. The van der Waals surface area contributed by atoms with Crippen molar-refractivity contribution in [2.45, 2.75) is 52.0 Å². The molecule has 0 aliphatic heterocycles. The first-order chi connectivity index (χ1) is 9.56. The third kappa shape index (κ3) is 4.28. The van der Waals surface area contributed by atoms with Gasteiger partial charge in [0.1, 0.15) is 10.7 Å². The molecule has 2 rings (SSSR count). The molecule has 1 unspecified atom stereocenters. The Morgan fingerprint density at radius 1 is 1.50 bits per heavy atom. The van der Waals surface area contributed by atoms with E-state index in [0.29, 0.717) is 5.69 Å². The first kappa shape index (κ1) is 15.4. The molecule has 1 saturated carbocycles. The van der Waals surface area contributed by atoms with Crippen LogP contribution in [0.15, 0.2) is 5.38 Å². The van der Waals surface area contributed by atoms with Crippen LogP contribution in [0.5, 0.6) is 0 Å². The molecule has 1 aliphatic carbocycles. The Balaban J connectivity index is 1.72. The van der Waals surface area contributed by atoms with Crippen LogP contribution in [0, 0.1) is 11.8 Å². The maximum absolute atomic E-state index is 12.0. The molecule has 20 heavy (non-hydrogen) atoms. The first-order valence-corrected chi connectivity index (χ1v) is 8.43. The summed E-state index contributed by atoms with van der Waals surface area (Å²) in [5.74, 6) is 1.59. The predicted molar refractivity (Wildman–Crippen MR) is 82.8 cm³/mol. The van der Waals surface area contributed by atoms with Gasteiger partial charge in [0.25, 0.3) is 5.91 Å². The second kappa shape index (κ2) is 7.18. The van der Waals surface area contributed by atoms with E-state index < -0.39 is 0 Å². The first-order valence-electron chi connectivity index (χ1n) is 7.55. The third-order valence-corrected chi connectivity index (χ3v) is 5.16. The Morgan fingerprint density at radius 2 is 2.20 bits per heavy atom. The van der Waals surface area contributed by atoms with E-state index in [9.17, 15) is 4.79 Å². The van der Waals surface area contributed by atoms with Gasteiger partial charge in [0.05, 0.1) is 6.04 Å². The van der Waals surface area contributed by atoms with Gasteiger partial charge in [0.2, 0.25) is 0 Å². The number of aromatic nitrogens is 1. The highest BCUT2D eigenvalue weighted by Gasteiger charge is 2.18. The Bertz CT molecular complexity index is 436. The summed E-state index contributed by atoms with van der Waals surface area (Å²) in [7, 11) is 0. The number of nitrogens with two attached hydrogens (primary N) is 1. The van der Waals surface area contributed by atoms with E-state index in [4.69, 9.17) is 5.73 Å². The molecule has 112 valence electrons. The van der Waals surface area contributed by atoms with Crippen molar-refractivity contribution < 1.29 is 4.79 Å². The number of carbonyl (C=O) groups is 1. The molecular formula is C15H25N3OS. The van der Waals surface area contributed by atoms with Gasteiger partial charge in [-0.2, -0.15) is 0 Å². The number of thiazole rings is 1. The standard InChI is InChI=1S/C15H25N3OS/c1-10-3-5-12(6-4-10)7-8-17-14(19)13-9-20-15(18-13)11(2)16/h9-12H,3-8,16H2,1-2H3,(H,17,19). The highest BCUT2D eigenvalue weighted by molar-refractivity contribution is 7.09. The van der Waals surface area contributed by atoms with Gasteiger partial charge in [0, 0.05) is 11.9 Å². The molecule has 0 radical (unpaired) electrons. The lowest BCUT2D eigenvalue weighted by molar-refractivity contribution is 0.0945. The summed E-state index contributed by atoms with van der Waals surface area (Å²) in [5.41, 5.74) is 6.25. The highest BCUT2D eigenvalue weighted by Crippen LogP contribution is 2.29. The van der Waals surface area contributed by atoms with Gasteiger partial charge >= 0.3 is 0 Å². The number of hydrogen-bond acceptors (Lipinski definition) is 4. The van der Waals surface area contributed by atoms with Crippen LogP contribution in [0.2, 0.25) is 0 Å². The van der Waals surface area contributed by atoms with Crippen LogP contribution in [0.25, 0.3) is 0 Å². The van der Waals surface area contributed by atoms with Crippen LogP contribution < -0.4 is 11.1 Å². The minimum absolute atomic E-state index is 0.0719. The molecular weight excluding hydrogens is 270 g/mol. The normalized spacial score (nSPS) is 24.4. The zero-order valence-electron chi connectivity index (χ0n) is 12.4. The highest BCUT2D eigenvalue weighted by atomic mass is 32.1. The average molecular weight is 295 g/mol. The second-order valence-electron chi connectivity index (χ2n) is 6.03. The van der Waals surface area contributed by atoms with Crippen molar-refractivity contribution in [3.8, 4) is 0 Å². The molecule has 0 aromatic carbocycles.